The summed E-state index contributed by atoms with van der Waals surface area (Å²) in [5, 5.41) is 15.5. The lowest BCUT2D eigenvalue weighted by Crippen LogP contribution is -2.44. The minimum absolute atomic E-state index is 0.0726. The van der Waals surface area contributed by atoms with Gasteiger partial charge in [-0.2, -0.15) is 0 Å². The van der Waals surface area contributed by atoms with Gasteiger partial charge in [0, 0.05) is 47.8 Å². The highest BCUT2D eigenvalue weighted by molar-refractivity contribution is 7.80. The summed E-state index contributed by atoms with van der Waals surface area (Å²) in [5.74, 6) is 0. The van der Waals surface area contributed by atoms with E-state index in [0.29, 0.717) is 10.1 Å². The highest BCUT2D eigenvalue weighted by Gasteiger charge is 2.30. The van der Waals surface area contributed by atoms with Gasteiger partial charge in [0.1, 0.15) is 0 Å². The molecule has 0 spiro atoms. The largest absolute Gasteiger partial charge is 0.348 e. The number of rotatable bonds is 3. The first kappa shape index (κ1) is 18.5. The Bertz CT molecular complexity index is 1020. The Morgan fingerprint density at radius 3 is 2.50 bits per heavy atom. The minimum Gasteiger partial charge on any atom is -0.348 e. The van der Waals surface area contributed by atoms with Crippen molar-refractivity contribution in [3.8, 4) is 0 Å². The number of aromatic nitrogens is 1. The van der Waals surface area contributed by atoms with E-state index < -0.39 is 4.92 Å². The van der Waals surface area contributed by atoms with Gasteiger partial charge in [0.2, 0.25) is 0 Å². The third-order valence-corrected chi connectivity index (χ3v) is 5.40. The zero-order chi connectivity index (χ0) is 19.7. The topological polar surface area (TPSA) is 63.3 Å². The van der Waals surface area contributed by atoms with Crippen LogP contribution in [0.25, 0.3) is 0 Å². The Balaban J connectivity index is 1.66. The number of benzene rings is 2. The summed E-state index contributed by atoms with van der Waals surface area (Å²) >= 11 is 11.7. The molecule has 8 heteroatoms. The molecule has 1 aromatic heterocycles. The summed E-state index contributed by atoms with van der Waals surface area (Å²) in [7, 11) is 0. The lowest BCUT2D eigenvalue weighted by Gasteiger charge is -2.39. The van der Waals surface area contributed by atoms with Crippen LogP contribution < -0.4 is 5.32 Å². The normalized spacial score (nSPS) is 15.8. The van der Waals surface area contributed by atoms with E-state index in [4.69, 9.17) is 23.8 Å². The van der Waals surface area contributed by atoms with Crippen LogP contribution in [0.15, 0.2) is 66.9 Å². The van der Waals surface area contributed by atoms with E-state index >= 15 is 0 Å². The maximum Gasteiger partial charge on any atom is 0.269 e. The fourth-order valence-electron chi connectivity index (χ4n) is 3.46. The van der Waals surface area contributed by atoms with Gasteiger partial charge in [0.25, 0.3) is 5.69 Å². The Morgan fingerprint density at radius 1 is 1.11 bits per heavy atom. The average molecular weight is 413 g/mol. The van der Waals surface area contributed by atoms with E-state index in [1.54, 1.807) is 12.1 Å². The first-order valence-electron chi connectivity index (χ1n) is 8.75. The number of hydrogen-bond acceptors (Lipinski definition) is 3. The molecule has 3 aromatic rings. The number of halogens is 1. The number of non-ortho nitro benzene ring substituents is 1. The van der Waals surface area contributed by atoms with Gasteiger partial charge in [0.15, 0.2) is 5.11 Å². The van der Waals surface area contributed by atoms with Crippen LogP contribution in [-0.2, 0) is 6.54 Å². The summed E-state index contributed by atoms with van der Waals surface area (Å²) in [6.07, 6.45) is 2.04. The quantitative estimate of drug-likeness (QED) is 0.378. The van der Waals surface area contributed by atoms with Crippen molar-refractivity contribution in [2.45, 2.75) is 12.6 Å². The fraction of sp³-hybridized carbons (Fsp3) is 0.150. The molecular weight excluding hydrogens is 396 g/mol. The summed E-state index contributed by atoms with van der Waals surface area (Å²) in [5.41, 5.74) is 2.98. The predicted molar refractivity (Wildman–Crippen MR) is 114 cm³/mol. The molecule has 1 N–H and O–H groups in total. The molecule has 1 aliphatic heterocycles. The highest BCUT2D eigenvalue weighted by Crippen LogP contribution is 2.33. The Morgan fingerprint density at radius 2 is 1.82 bits per heavy atom. The van der Waals surface area contributed by atoms with E-state index in [-0.39, 0.29) is 11.7 Å². The second kappa shape index (κ2) is 7.61. The highest BCUT2D eigenvalue weighted by atomic mass is 35.5. The zero-order valence-corrected chi connectivity index (χ0v) is 16.4. The number of nitro groups is 1. The third-order valence-electron chi connectivity index (χ3n) is 4.81. The number of thiocarbonyl (C=S) groups is 1. The molecule has 0 radical (unpaired) electrons. The van der Waals surface area contributed by atoms with Crippen molar-refractivity contribution in [1.82, 2.24) is 9.47 Å². The summed E-state index contributed by atoms with van der Waals surface area (Å²) in [4.78, 5) is 12.7. The summed E-state index contributed by atoms with van der Waals surface area (Å²) in [6.45, 7) is 1.54. The Kier molecular flexibility index (Phi) is 5.02. The van der Waals surface area contributed by atoms with E-state index in [1.165, 1.54) is 12.1 Å². The number of nitrogens with one attached hydrogen (secondary N) is 1. The van der Waals surface area contributed by atoms with Gasteiger partial charge in [-0.05, 0) is 66.3 Å². The number of nitrogens with zero attached hydrogens (tertiary/aromatic N) is 3. The second-order valence-electron chi connectivity index (χ2n) is 6.51. The maximum absolute atomic E-state index is 11.0. The first-order valence-corrected chi connectivity index (χ1v) is 9.54. The van der Waals surface area contributed by atoms with Crippen molar-refractivity contribution in [3.05, 3.63) is 93.3 Å². The van der Waals surface area contributed by atoms with Crippen molar-refractivity contribution in [3.63, 3.8) is 0 Å². The zero-order valence-electron chi connectivity index (χ0n) is 14.8. The molecule has 0 amide bonds. The maximum atomic E-state index is 11.0. The second-order valence-corrected chi connectivity index (χ2v) is 7.33. The van der Waals surface area contributed by atoms with Crippen molar-refractivity contribution in [2.24, 2.45) is 0 Å². The van der Waals surface area contributed by atoms with Crippen LogP contribution in [0.3, 0.4) is 0 Å². The molecular formula is C20H17ClN4O2S. The molecule has 0 saturated carbocycles. The van der Waals surface area contributed by atoms with E-state index in [0.717, 1.165) is 30.0 Å². The molecule has 0 saturated heterocycles. The molecule has 2 aromatic carbocycles. The van der Waals surface area contributed by atoms with Gasteiger partial charge >= 0.3 is 0 Å². The molecule has 142 valence electrons. The molecule has 0 bridgehead atoms. The van der Waals surface area contributed by atoms with Gasteiger partial charge in [-0.25, -0.2) is 0 Å². The van der Waals surface area contributed by atoms with Crippen molar-refractivity contribution < 1.29 is 4.92 Å². The number of hydrogen-bond donors (Lipinski definition) is 1. The summed E-state index contributed by atoms with van der Waals surface area (Å²) < 4.78 is 2.19. The van der Waals surface area contributed by atoms with Crippen molar-refractivity contribution in [1.29, 1.82) is 0 Å². The molecule has 0 fully saturated rings. The smallest absolute Gasteiger partial charge is 0.269 e. The van der Waals surface area contributed by atoms with Crippen LogP contribution in [0, 0.1) is 10.1 Å². The Labute approximate surface area is 172 Å². The number of nitro benzene ring substituents is 1. The number of fused-ring (bicyclic) bond motifs is 1. The Hall–Kier alpha value is -2.90. The molecule has 2 heterocycles. The molecule has 4 rings (SSSR count). The van der Waals surface area contributed by atoms with Crippen LogP contribution in [0.4, 0.5) is 11.4 Å². The first-order chi connectivity index (χ1) is 13.5. The van der Waals surface area contributed by atoms with Crippen LogP contribution in [-0.4, -0.2) is 26.0 Å². The molecule has 1 atom stereocenters. The lowest BCUT2D eigenvalue weighted by molar-refractivity contribution is -0.384. The molecule has 6 nitrogen and oxygen atoms in total. The van der Waals surface area contributed by atoms with E-state index in [1.807, 2.05) is 36.5 Å². The lowest BCUT2D eigenvalue weighted by atomic mass is 10.00. The van der Waals surface area contributed by atoms with Crippen molar-refractivity contribution in [2.75, 3.05) is 11.9 Å². The van der Waals surface area contributed by atoms with Gasteiger partial charge < -0.3 is 14.8 Å². The van der Waals surface area contributed by atoms with Crippen LogP contribution >= 0.6 is 23.8 Å². The third kappa shape index (κ3) is 3.58. The monoisotopic (exact) mass is 412 g/mol. The van der Waals surface area contributed by atoms with Gasteiger partial charge in [-0.3, -0.25) is 10.1 Å². The van der Waals surface area contributed by atoms with Crippen LogP contribution in [0.5, 0.6) is 0 Å². The fourth-order valence-corrected chi connectivity index (χ4v) is 3.90. The number of anilines is 1. The van der Waals surface area contributed by atoms with Gasteiger partial charge in [-0.15, -0.1) is 0 Å². The van der Waals surface area contributed by atoms with Crippen LogP contribution in [0.2, 0.25) is 5.02 Å². The SMILES string of the molecule is O=[N+]([O-])c1ccc([C@@H]2c3cccn3CCN2C(=S)Nc2ccc(Cl)cc2)cc1. The predicted octanol–water partition coefficient (Wildman–Crippen LogP) is 4.85. The van der Waals surface area contributed by atoms with E-state index in [2.05, 4.69) is 20.9 Å². The van der Waals surface area contributed by atoms with Crippen LogP contribution in [0.1, 0.15) is 17.3 Å². The van der Waals surface area contributed by atoms with E-state index in [9.17, 15) is 10.1 Å². The standard InChI is InChI=1S/C20H17ClN4O2S/c21-15-5-7-16(8-6-15)22-20(28)24-13-12-23-11-1-2-18(23)19(24)14-3-9-17(10-4-14)25(26)27/h1-11,19H,12-13H2,(H,22,28)/t19-/m1/s1. The average Bonchev–Trinajstić information content (AvgIpc) is 3.18. The molecule has 28 heavy (non-hydrogen) atoms. The van der Waals surface area contributed by atoms with Crippen molar-refractivity contribution >= 4 is 40.3 Å². The minimum atomic E-state index is -0.391. The van der Waals surface area contributed by atoms with Gasteiger partial charge in [-0.1, -0.05) is 11.6 Å². The van der Waals surface area contributed by atoms with Gasteiger partial charge in [0.05, 0.1) is 11.0 Å². The molecule has 0 unspecified atom stereocenters. The molecule has 0 aliphatic carbocycles. The summed E-state index contributed by atoms with van der Waals surface area (Å²) in [6, 6.07) is 18.0. The molecule has 1 aliphatic rings.